The number of hydrogen-bond acceptors (Lipinski definition) is 5. The lowest BCUT2D eigenvalue weighted by Crippen LogP contribution is -2.26. The van der Waals surface area contributed by atoms with Crippen molar-refractivity contribution in [1.29, 1.82) is 0 Å². The van der Waals surface area contributed by atoms with Crippen molar-refractivity contribution in [1.82, 2.24) is 9.55 Å². The predicted octanol–water partition coefficient (Wildman–Crippen LogP) is 5.23. The lowest BCUT2D eigenvalue weighted by molar-refractivity contribution is 0.101. The van der Waals surface area contributed by atoms with Crippen LogP contribution >= 0.6 is 23.7 Å². The van der Waals surface area contributed by atoms with E-state index < -0.39 is 0 Å². The number of thioether (sulfide) groups is 1. The maximum atomic E-state index is 12.8. The molecule has 1 aliphatic heterocycles. The lowest BCUT2D eigenvalue weighted by Gasteiger charge is -2.26. The number of hydrogen-bond donors (Lipinski definition) is 0. The Morgan fingerprint density at radius 2 is 1.78 bits per heavy atom. The number of ketones is 1. The first-order valence-electron chi connectivity index (χ1n) is 9.06. The molecular formula is C21H21N3OS2. The fraction of sp³-hybridized carbons (Fsp3) is 0.238. The Balaban J connectivity index is 1.79. The molecule has 6 heteroatoms. The zero-order valence-electron chi connectivity index (χ0n) is 15.2. The molecule has 1 aliphatic rings. The van der Waals surface area contributed by atoms with Crippen LogP contribution in [0.4, 0.5) is 5.82 Å². The Hall–Kier alpha value is -2.18. The van der Waals surface area contributed by atoms with Crippen LogP contribution in [0.2, 0.25) is 0 Å². The number of imidazole rings is 1. The second-order valence-electron chi connectivity index (χ2n) is 6.30. The van der Waals surface area contributed by atoms with Crippen LogP contribution in [0.1, 0.15) is 29.4 Å². The first-order valence-corrected chi connectivity index (χ1v) is 11.0. The lowest BCUT2D eigenvalue weighted by atomic mass is 10.2. The van der Waals surface area contributed by atoms with E-state index in [1.165, 1.54) is 5.56 Å². The SMILES string of the molecule is CCCSc1nc2c(n1-c1ccccc1)C(=O)CSN2Cc1ccccc1. The minimum atomic E-state index is 0.138. The summed E-state index contributed by atoms with van der Waals surface area (Å²) < 4.78 is 4.19. The van der Waals surface area contributed by atoms with Gasteiger partial charge in [-0.2, -0.15) is 0 Å². The van der Waals surface area contributed by atoms with Crippen LogP contribution in [-0.2, 0) is 6.54 Å². The van der Waals surface area contributed by atoms with E-state index >= 15 is 0 Å². The fourth-order valence-corrected chi connectivity index (χ4v) is 4.82. The van der Waals surface area contributed by atoms with Crippen molar-refractivity contribution in [2.75, 3.05) is 15.8 Å². The molecule has 4 rings (SSSR count). The van der Waals surface area contributed by atoms with Crippen molar-refractivity contribution in [3.8, 4) is 5.69 Å². The van der Waals surface area contributed by atoms with Gasteiger partial charge in [-0.3, -0.25) is 13.7 Å². The van der Waals surface area contributed by atoms with E-state index in [-0.39, 0.29) is 5.78 Å². The Kier molecular flexibility index (Phi) is 5.55. The number of Topliss-reactive ketones (excluding diaryl/α,β-unsaturated/α-hetero) is 1. The van der Waals surface area contributed by atoms with Gasteiger partial charge in [0, 0.05) is 11.4 Å². The van der Waals surface area contributed by atoms with Crippen LogP contribution in [0.5, 0.6) is 0 Å². The zero-order valence-corrected chi connectivity index (χ0v) is 16.8. The summed E-state index contributed by atoms with van der Waals surface area (Å²) in [7, 11) is 0. The normalized spacial score (nSPS) is 13.7. The highest BCUT2D eigenvalue weighted by Gasteiger charge is 2.32. The summed E-state index contributed by atoms with van der Waals surface area (Å²) in [5.74, 6) is 2.33. The summed E-state index contributed by atoms with van der Waals surface area (Å²) in [6.45, 7) is 2.89. The standard InChI is InChI=1S/C21H21N3OS2/c1-2-13-26-21-22-20-19(24(21)17-11-7-4-8-12-17)18(25)15-27-23(20)14-16-9-5-3-6-10-16/h3-12H,2,13-15H2,1H3. The van der Waals surface area contributed by atoms with Gasteiger partial charge in [0.25, 0.3) is 0 Å². The monoisotopic (exact) mass is 395 g/mol. The summed E-state index contributed by atoms with van der Waals surface area (Å²) in [5, 5.41) is 0.891. The van der Waals surface area contributed by atoms with Gasteiger partial charge in [0.15, 0.2) is 16.8 Å². The Morgan fingerprint density at radius 1 is 1.07 bits per heavy atom. The van der Waals surface area contributed by atoms with Crippen LogP contribution in [0.3, 0.4) is 0 Å². The number of carbonyl (C=O) groups is 1. The maximum Gasteiger partial charge on any atom is 0.195 e. The number of anilines is 1. The van der Waals surface area contributed by atoms with Crippen LogP contribution in [-0.4, -0.2) is 26.8 Å². The number of carbonyl (C=O) groups excluding carboxylic acids is 1. The van der Waals surface area contributed by atoms with Crippen LogP contribution in [0.25, 0.3) is 5.69 Å². The molecule has 2 heterocycles. The fourth-order valence-electron chi connectivity index (χ4n) is 3.06. The molecule has 0 aliphatic carbocycles. The van der Waals surface area contributed by atoms with Crippen molar-refractivity contribution in [2.24, 2.45) is 0 Å². The van der Waals surface area contributed by atoms with E-state index in [0.717, 1.165) is 35.4 Å². The molecule has 0 saturated heterocycles. The highest BCUT2D eigenvalue weighted by atomic mass is 32.2. The van der Waals surface area contributed by atoms with Crippen molar-refractivity contribution >= 4 is 35.3 Å². The number of aromatic nitrogens is 2. The minimum absolute atomic E-state index is 0.138. The number of fused-ring (bicyclic) bond motifs is 1. The van der Waals surface area contributed by atoms with Crippen molar-refractivity contribution in [3.63, 3.8) is 0 Å². The molecule has 138 valence electrons. The summed E-state index contributed by atoms with van der Waals surface area (Å²) in [4.78, 5) is 17.8. The number of rotatable bonds is 6. The van der Waals surface area contributed by atoms with Gasteiger partial charge in [-0.15, -0.1) is 0 Å². The second kappa shape index (κ2) is 8.23. The van der Waals surface area contributed by atoms with Gasteiger partial charge < -0.3 is 0 Å². The Morgan fingerprint density at radius 3 is 2.48 bits per heavy atom. The molecule has 2 aromatic carbocycles. The molecule has 27 heavy (non-hydrogen) atoms. The van der Waals surface area contributed by atoms with E-state index in [1.807, 2.05) is 53.1 Å². The molecule has 0 bridgehead atoms. The number of benzene rings is 2. The van der Waals surface area contributed by atoms with Gasteiger partial charge in [-0.1, -0.05) is 67.2 Å². The molecule has 0 radical (unpaired) electrons. The van der Waals surface area contributed by atoms with E-state index in [4.69, 9.17) is 4.98 Å². The van der Waals surface area contributed by atoms with Crippen LogP contribution in [0, 0.1) is 0 Å². The molecule has 0 atom stereocenters. The summed E-state index contributed by atoms with van der Waals surface area (Å²) in [5.41, 5.74) is 2.90. The van der Waals surface area contributed by atoms with E-state index in [9.17, 15) is 4.79 Å². The molecule has 4 nitrogen and oxygen atoms in total. The van der Waals surface area contributed by atoms with E-state index in [2.05, 4.69) is 23.4 Å². The first-order chi connectivity index (χ1) is 13.3. The van der Waals surface area contributed by atoms with Gasteiger partial charge in [-0.05, 0) is 36.1 Å². The number of nitrogens with zero attached hydrogens (tertiary/aromatic N) is 3. The average Bonchev–Trinajstić information content (AvgIpc) is 3.10. The van der Waals surface area contributed by atoms with Crippen LogP contribution in [0.15, 0.2) is 65.8 Å². The van der Waals surface area contributed by atoms with Gasteiger partial charge in [0.05, 0.1) is 12.3 Å². The van der Waals surface area contributed by atoms with Crippen molar-refractivity contribution in [3.05, 3.63) is 71.9 Å². The maximum absolute atomic E-state index is 12.8. The molecule has 0 amide bonds. The molecular weight excluding hydrogens is 374 g/mol. The van der Waals surface area contributed by atoms with Gasteiger partial charge >= 0.3 is 0 Å². The zero-order chi connectivity index (χ0) is 18.6. The third-order valence-electron chi connectivity index (χ3n) is 4.30. The molecule has 3 aromatic rings. The highest BCUT2D eigenvalue weighted by Crippen LogP contribution is 2.38. The first kappa shape index (κ1) is 18.2. The third-order valence-corrected chi connectivity index (χ3v) is 6.45. The van der Waals surface area contributed by atoms with E-state index in [0.29, 0.717) is 11.4 Å². The molecule has 0 saturated carbocycles. The quantitative estimate of drug-likeness (QED) is 0.422. The second-order valence-corrected chi connectivity index (χ2v) is 8.35. The highest BCUT2D eigenvalue weighted by molar-refractivity contribution is 8.01. The topological polar surface area (TPSA) is 38.1 Å². The van der Waals surface area contributed by atoms with Crippen molar-refractivity contribution < 1.29 is 4.79 Å². The Labute approximate surface area is 168 Å². The molecule has 1 aromatic heterocycles. The number of para-hydroxylation sites is 1. The molecule has 0 spiro atoms. The predicted molar refractivity (Wildman–Crippen MR) is 114 cm³/mol. The summed E-state index contributed by atoms with van der Waals surface area (Å²) in [6, 6.07) is 20.4. The van der Waals surface area contributed by atoms with Gasteiger partial charge in [0.2, 0.25) is 0 Å². The van der Waals surface area contributed by atoms with Gasteiger partial charge in [-0.25, -0.2) is 4.98 Å². The van der Waals surface area contributed by atoms with Gasteiger partial charge in [0.1, 0.15) is 5.69 Å². The summed E-state index contributed by atoms with van der Waals surface area (Å²) >= 11 is 3.26. The smallest absolute Gasteiger partial charge is 0.195 e. The average molecular weight is 396 g/mol. The Bertz CT molecular complexity index is 925. The molecule has 0 unspecified atom stereocenters. The molecule has 0 N–H and O–H groups in total. The summed E-state index contributed by atoms with van der Waals surface area (Å²) in [6.07, 6.45) is 1.06. The molecule has 0 fully saturated rings. The van der Waals surface area contributed by atoms with E-state index in [1.54, 1.807) is 23.7 Å². The van der Waals surface area contributed by atoms with Crippen molar-refractivity contribution in [2.45, 2.75) is 25.0 Å². The largest absolute Gasteiger partial charge is 0.294 e. The van der Waals surface area contributed by atoms with Crippen LogP contribution < -0.4 is 4.31 Å². The third kappa shape index (κ3) is 3.77. The minimum Gasteiger partial charge on any atom is -0.294 e.